The van der Waals surface area contributed by atoms with Gasteiger partial charge in [-0.25, -0.2) is 4.98 Å². The van der Waals surface area contributed by atoms with E-state index in [4.69, 9.17) is 15.2 Å². The smallest absolute Gasteiger partial charge is 0.0972 e. The molecule has 1 aromatic rings. The molecule has 20 heavy (non-hydrogen) atoms. The minimum atomic E-state index is 0.117. The molecule has 3 atom stereocenters. The van der Waals surface area contributed by atoms with Gasteiger partial charge in [-0.1, -0.05) is 0 Å². The predicted molar refractivity (Wildman–Crippen MR) is 75.5 cm³/mol. The van der Waals surface area contributed by atoms with E-state index < -0.39 is 0 Å². The number of aromatic nitrogens is 2. The van der Waals surface area contributed by atoms with Gasteiger partial charge in [-0.05, 0) is 12.8 Å². The second-order valence-corrected chi connectivity index (χ2v) is 5.71. The highest BCUT2D eigenvalue weighted by Crippen LogP contribution is 2.38. The third-order valence-electron chi connectivity index (χ3n) is 4.49. The molecule has 6 nitrogen and oxygen atoms in total. The molecule has 0 radical (unpaired) electrons. The summed E-state index contributed by atoms with van der Waals surface area (Å²) in [7, 11) is 3.48. The molecule has 112 valence electrons. The molecule has 1 aliphatic carbocycles. The first-order chi connectivity index (χ1) is 9.78. The van der Waals surface area contributed by atoms with E-state index in [-0.39, 0.29) is 18.2 Å². The quantitative estimate of drug-likeness (QED) is 0.825. The summed E-state index contributed by atoms with van der Waals surface area (Å²) in [6.07, 6.45) is 6.63. The average molecular weight is 280 g/mol. The maximum Gasteiger partial charge on any atom is 0.0972 e. The van der Waals surface area contributed by atoms with Crippen molar-refractivity contribution in [2.75, 3.05) is 33.9 Å². The van der Waals surface area contributed by atoms with E-state index >= 15 is 0 Å². The minimum absolute atomic E-state index is 0.117. The predicted octanol–water partition coefficient (Wildman–Crippen LogP) is 0.563. The Bertz CT molecular complexity index is 434. The van der Waals surface area contributed by atoms with Crippen LogP contribution < -0.4 is 5.73 Å². The maximum atomic E-state index is 6.04. The highest BCUT2D eigenvalue weighted by molar-refractivity contribution is 5.11. The van der Waals surface area contributed by atoms with Crippen molar-refractivity contribution < 1.29 is 9.47 Å². The van der Waals surface area contributed by atoms with Crippen LogP contribution in [0.3, 0.4) is 0 Å². The zero-order chi connectivity index (χ0) is 14.1. The van der Waals surface area contributed by atoms with Gasteiger partial charge in [0, 0.05) is 46.1 Å². The summed E-state index contributed by atoms with van der Waals surface area (Å²) in [5.74, 6) is 0. The molecule has 2 heterocycles. The van der Waals surface area contributed by atoms with E-state index in [0.717, 1.165) is 13.1 Å². The fourth-order valence-corrected chi connectivity index (χ4v) is 3.17. The van der Waals surface area contributed by atoms with E-state index in [1.165, 1.54) is 18.5 Å². The standard InChI is InChI=1S/C14H24N4O2/c1-19-13-7-17(8-14(13)20-2)11(5-15)12-6-16-9-18(12)10-3-4-10/h6,9-11,13-14H,3-5,7-8,15H2,1-2H3. The van der Waals surface area contributed by atoms with Gasteiger partial charge in [-0.2, -0.15) is 0 Å². The van der Waals surface area contributed by atoms with Crippen LogP contribution in [0.1, 0.15) is 30.6 Å². The number of imidazole rings is 1. The molecular weight excluding hydrogens is 256 g/mol. The third-order valence-corrected chi connectivity index (χ3v) is 4.49. The molecule has 0 amide bonds. The van der Waals surface area contributed by atoms with Crippen molar-refractivity contribution in [1.82, 2.24) is 14.5 Å². The first-order valence-electron chi connectivity index (χ1n) is 7.30. The van der Waals surface area contributed by atoms with Crippen molar-refractivity contribution in [1.29, 1.82) is 0 Å². The van der Waals surface area contributed by atoms with E-state index in [1.807, 2.05) is 12.5 Å². The summed E-state index contributed by atoms with van der Waals surface area (Å²) in [5, 5.41) is 0. The molecule has 1 saturated heterocycles. The molecule has 2 N–H and O–H groups in total. The van der Waals surface area contributed by atoms with Crippen LogP contribution >= 0.6 is 0 Å². The summed E-state index contributed by atoms with van der Waals surface area (Å²) in [6.45, 7) is 2.30. The Morgan fingerprint density at radius 2 is 1.95 bits per heavy atom. The number of methoxy groups -OCH3 is 2. The highest BCUT2D eigenvalue weighted by Gasteiger charge is 2.38. The summed E-state index contributed by atoms with van der Waals surface area (Å²) in [6, 6.07) is 0.816. The Morgan fingerprint density at radius 1 is 1.30 bits per heavy atom. The van der Waals surface area contributed by atoms with Crippen molar-refractivity contribution in [3.63, 3.8) is 0 Å². The monoisotopic (exact) mass is 280 g/mol. The van der Waals surface area contributed by atoms with Crippen molar-refractivity contribution in [2.45, 2.75) is 37.1 Å². The highest BCUT2D eigenvalue weighted by atomic mass is 16.5. The van der Waals surface area contributed by atoms with Gasteiger partial charge in [0.15, 0.2) is 0 Å². The van der Waals surface area contributed by atoms with Crippen LogP contribution in [0, 0.1) is 0 Å². The molecule has 2 fully saturated rings. The summed E-state index contributed by atoms with van der Waals surface area (Å²) >= 11 is 0. The average Bonchev–Trinajstić information content (AvgIpc) is 3.06. The van der Waals surface area contributed by atoms with Crippen LogP contribution in [-0.2, 0) is 9.47 Å². The molecule has 1 aromatic heterocycles. The van der Waals surface area contributed by atoms with Crippen molar-refractivity contribution >= 4 is 0 Å². The molecule has 6 heteroatoms. The topological polar surface area (TPSA) is 65.5 Å². The van der Waals surface area contributed by atoms with Gasteiger partial charge in [0.1, 0.15) is 0 Å². The van der Waals surface area contributed by atoms with Crippen LogP contribution in [0.2, 0.25) is 0 Å². The molecule has 3 rings (SSSR count). The Hall–Kier alpha value is -0.950. The molecule has 0 bridgehead atoms. The SMILES string of the molecule is COC1CN(C(CN)c2cncn2C2CC2)CC1OC. The number of nitrogens with two attached hydrogens (primary N) is 1. The fraction of sp³-hybridized carbons (Fsp3) is 0.786. The van der Waals surface area contributed by atoms with Crippen molar-refractivity contribution in [3.8, 4) is 0 Å². The lowest BCUT2D eigenvalue weighted by atomic mass is 10.2. The first-order valence-corrected chi connectivity index (χ1v) is 7.30. The van der Waals surface area contributed by atoms with Gasteiger partial charge in [-0.15, -0.1) is 0 Å². The molecule has 1 aliphatic heterocycles. The summed E-state index contributed by atoms with van der Waals surface area (Å²) < 4.78 is 13.3. The van der Waals surface area contributed by atoms with E-state index in [9.17, 15) is 0 Å². The van der Waals surface area contributed by atoms with Gasteiger partial charge >= 0.3 is 0 Å². The number of hydrogen-bond donors (Lipinski definition) is 1. The van der Waals surface area contributed by atoms with Gasteiger partial charge in [0.25, 0.3) is 0 Å². The Labute approximate surface area is 119 Å². The summed E-state index contributed by atoms with van der Waals surface area (Å²) in [5.41, 5.74) is 7.27. The molecule has 2 aliphatic rings. The maximum absolute atomic E-state index is 6.04. The van der Waals surface area contributed by atoms with Gasteiger partial charge in [-0.3, -0.25) is 4.90 Å². The van der Waals surface area contributed by atoms with Crippen LogP contribution in [-0.4, -0.2) is 60.5 Å². The first kappa shape index (κ1) is 14.0. The van der Waals surface area contributed by atoms with Crippen molar-refractivity contribution in [2.24, 2.45) is 5.73 Å². The van der Waals surface area contributed by atoms with Crippen LogP contribution in [0.25, 0.3) is 0 Å². The lowest BCUT2D eigenvalue weighted by molar-refractivity contribution is -0.00461. The van der Waals surface area contributed by atoms with Gasteiger partial charge < -0.3 is 19.8 Å². The Balaban J connectivity index is 1.78. The zero-order valence-corrected chi connectivity index (χ0v) is 12.2. The van der Waals surface area contributed by atoms with Crippen LogP contribution in [0.5, 0.6) is 0 Å². The number of ether oxygens (including phenoxy) is 2. The van der Waals surface area contributed by atoms with Crippen LogP contribution in [0.4, 0.5) is 0 Å². The molecule has 0 spiro atoms. The molecular formula is C14H24N4O2. The lowest BCUT2D eigenvalue weighted by Crippen LogP contribution is -2.34. The Kier molecular flexibility index (Phi) is 4.07. The van der Waals surface area contributed by atoms with Crippen LogP contribution in [0.15, 0.2) is 12.5 Å². The second kappa shape index (κ2) is 5.81. The third kappa shape index (κ3) is 2.48. The minimum Gasteiger partial charge on any atom is -0.377 e. The van der Waals surface area contributed by atoms with E-state index in [0.29, 0.717) is 12.6 Å². The fourth-order valence-electron chi connectivity index (χ4n) is 3.17. The molecule has 0 aromatic carbocycles. The van der Waals surface area contributed by atoms with Crippen molar-refractivity contribution in [3.05, 3.63) is 18.2 Å². The molecule has 1 saturated carbocycles. The number of rotatable bonds is 6. The zero-order valence-electron chi connectivity index (χ0n) is 12.2. The van der Waals surface area contributed by atoms with Gasteiger partial charge in [0.2, 0.25) is 0 Å². The second-order valence-electron chi connectivity index (χ2n) is 5.71. The summed E-state index contributed by atoms with van der Waals surface area (Å²) in [4.78, 5) is 6.68. The van der Waals surface area contributed by atoms with Gasteiger partial charge in [0.05, 0.1) is 30.3 Å². The normalized spacial score (nSPS) is 28.9. The number of nitrogens with zero attached hydrogens (tertiary/aromatic N) is 3. The van der Waals surface area contributed by atoms with E-state index in [2.05, 4.69) is 14.5 Å². The number of hydrogen-bond acceptors (Lipinski definition) is 5. The largest absolute Gasteiger partial charge is 0.377 e. The van der Waals surface area contributed by atoms with E-state index in [1.54, 1.807) is 14.2 Å². The lowest BCUT2D eigenvalue weighted by Gasteiger charge is -2.27. The Morgan fingerprint density at radius 3 is 2.45 bits per heavy atom. The number of likely N-dealkylation sites (tertiary alicyclic amines) is 1. The molecule has 3 unspecified atom stereocenters.